The molecule has 1 aromatic rings. The molecule has 0 fully saturated rings. The van der Waals surface area contributed by atoms with Crippen molar-refractivity contribution in [3.63, 3.8) is 0 Å². The van der Waals surface area contributed by atoms with E-state index in [1.54, 1.807) is 18.2 Å². The van der Waals surface area contributed by atoms with E-state index >= 15 is 0 Å². The average Bonchev–Trinajstić information content (AvgIpc) is 2.16. The summed E-state index contributed by atoms with van der Waals surface area (Å²) in [7, 11) is 0. The molecule has 0 unspecified atom stereocenters. The van der Waals surface area contributed by atoms with Gasteiger partial charge in [0, 0.05) is 6.42 Å². The summed E-state index contributed by atoms with van der Waals surface area (Å²) in [5.74, 6) is -1.02. The number of carboxylic acids is 1. The van der Waals surface area contributed by atoms with Gasteiger partial charge in [-0.3, -0.25) is 4.79 Å². The van der Waals surface area contributed by atoms with E-state index in [1.807, 2.05) is 0 Å². The number of carbonyl (C=O) groups is 2. The molecule has 94 valence electrons. The third-order valence-corrected chi connectivity index (χ3v) is 1.69. The highest BCUT2D eigenvalue weighted by molar-refractivity contribution is 6.63. The second-order valence-corrected chi connectivity index (χ2v) is 5.07. The predicted molar refractivity (Wildman–Crippen MR) is 69.1 cm³/mol. The first-order valence-corrected chi connectivity index (χ1v) is 5.88. The molecule has 6 heteroatoms. The van der Waals surface area contributed by atoms with Crippen molar-refractivity contribution in [3.8, 4) is 0 Å². The van der Waals surface area contributed by atoms with Gasteiger partial charge in [-0.2, -0.15) is 0 Å². The van der Waals surface area contributed by atoms with Gasteiger partial charge in [0.05, 0.1) is 5.56 Å². The van der Waals surface area contributed by atoms with Crippen LogP contribution in [0.4, 0.5) is 0 Å². The van der Waals surface area contributed by atoms with Crippen molar-refractivity contribution in [2.75, 3.05) is 0 Å². The summed E-state index contributed by atoms with van der Waals surface area (Å²) in [4.78, 5) is 21.5. The minimum absolute atomic E-state index is 0.0336. The SMILES string of the molecule is CC(=O)Cc1ccccc1C(=O)O.ClC(Cl)Cl. The Morgan fingerprint density at radius 3 is 2.12 bits per heavy atom. The van der Waals surface area contributed by atoms with Crippen LogP contribution >= 0.6 is 34.8 Å². The molecular formula is C11H11Cl3O3. The summed E-state index contributed by atoms with van der Waals surface area (Å²) in [5.41, 5.74) is 0.778. The van der Waals surface area contributed by atoms with Crippen LogP contribution in [0.5, 0.6) is 0 Å². The highest BCUT2D eigenvalue weighted by Gasteiger charge is 2.09. The first kappa shape index (κ1) is 16.2. The Bertz CT molecular complexity index is 389. The monoisotopic (exact) mass is 296 g/mol. The van der Waals surface area contributed by atoms with Crippen LogP contribution in [0.25, 0.3) is 0 Å². The molecule has 0 aliphatic rings. The van der Waals surface area contributed by atoms with E-state index in [9.17, 15) is 9.59 Å². The zero-order valence-electron chi connectivity index (χ0n) is 8.99. The molecule has 1 aromatic carbocycles. The highest BCUT2D eigenvalue weighted by atomic mass is 35.6. The fourth-order valence-corrected chi connectivity index (χ4v) is 1.15. The average molecular weight is 298 g/mol. The lowest BCUT2D eigenvalue weighted by atomic mass is 10.0. The molecule has 0 aliphatic heterocycles. The number of ketones is 1. The van der Waals surface area contributed by atoms with Gasteiger partial charge >= 0.3 is 5.97 Å². The number of Topliss-reactive ketones (excluding diaryl/α,β-unsaturated/α-hetero) is 1. The number of rotatable bonds is 3. The quantitative estimate of drug-likeness (QED) is 0.869. The largest absolute Gasteiger partial charge is 0.478 e. The van der Waals surface area contributed by atoms with Crippen LogP contribution in [0.15, 0.2) is 24.3 Å². The van der Waals surface area contributed by atoms with Crippen LogP contribution in [0.1, 0.15) is 22.8 Å². The smallest absolute Gasteiger partial charge is 0.335 e. The van der Waals surface area contributed by atoms with Crippen molar-refractivity contribution in [1.82, 2.24) is 0 Å². The molecule has 0 bridgehead atoms. The van der Waals surface area contributed by atoms with E-state index in [0.717, 1.165) is 0 Å². The van der Waals surface area contributed by atoms with Crippen LogP contribution in [-0.4, -0.2) is 21.2 Å². The van der Waals surface area contributed by atoms with Gasteiger partial charge in [-0.25, -0.2) is 4.79 Å². The van der Waals surface area contributed by atoms with E-state index in [-0.39, 0.29) is 17.8 Å². The maximum atomic E-state index is 10.8. The molecule has 3 nitrogen and oxygen atoms in total. The van der Waals surface area contributed by atoms with Crippen molar-refractivity contribution in [2.45, 2.75) is 17.6 Å². The van der Waals surface area contributed by atoms with Gasteiger partial charge in [-0.15, -0.1) is 0 Å². The van der Waals surface area contributed by atoms with Crippen LogP contribution in [0.2, 0.25) is 0 Å². The van der Waals surface area contributed by atoms with Gasteiger partial charge in [0.1, 0.15) is 5.78 Å². The normalized spacial score (nSPS) is 9.47. The molecule has 1 rings (SSSR count). The van der Waals surface area contributed by atoms with Gasteiger partial charge in [0.25, 0.3) is 0 Å². The van der Waals surface area contributed by atoms with Crippen LogP contribution < -0.4 is 0 Å². The van der Waals surface area contributed by atoms with Crippen molar-refractivity contribution >= 4 is 46.6 Å². The third-order valence-electron chi connectivity index (χ3n) is 1.69. The van der Waals surface area contributed by atoms with Gasteiger partial charge in [-0.05, 0) is 18.6 Å². The van der Waals surface area contributed by atoms with Gasteiger partial charge in [0.15, 0.2) is 4.30 Å². The molecule has 17 heavy (non-hydrogen) atoms. The fourth-order valence-electron chi connectivity index (χ4n) is 1.15. The number of hydrogen-bond donors (Lipinski definition) is 1. The summed E-state index contributed by atoms with van der Waals surface area (Å²) >= 11 is 14.4. The van der Waals surface area contributed by atoms with Crippen LogP contribution in [-0.2, 0) is 11.2 Å². The second-order valence-electron chi connectivity index (χ2n) is 3.09. The maximum absolute atomic E-state index is 10.8. The van der Waals surface area contributed by atoms with Gasteiger partial charge in [-0.1, -0.05) is 53.0 Å². The summed E-state index contributed by atoms with van der Waals surface area (Å²) in [6.45, 7) is 1.44. The molecule has 0 spiro atoms. The summed E-state index contributed by atoms with van der Waals surface area (Å²) < 4.78 is -0.750. The summed E-state index contributed by atoms with van der Waals surface area (Å²) in [6, 6.07) is 6.53. The Kier molecular flexibility index (Phi) is 7.96. The number of carboxylic acid groups (broad SMARTS) is 1. The number of aromatic carboxylic acids is 1. The van der Waals surface area contributed by atoms with E-state index in [2.05, 4.69) is 0 Å². The van der Waals surface area contributed by atoms with E-state index in [1.165, 1.54) is 13.0 Å². The minimum Gasteiger partial charge on any atom is -0.478 e. The first-order valence-electron chi connectivity index (χ1n) is 4.57. The number of hydrogen-bond acceptors (Lipinski definition) is 2. The van der Waals surface area contributed by atoms with E-state index in [4.69, 9.17) is 39.9 Å². The summed E-state index contributed by atoms with van der Waals surface area (Å²) in [6.07, 6.45) is 0.183. The Hall–Kier alpha value is -0.770. The number of carbonyl (C=O) groups excluding carboxylic acids is 1. The standard InChI is InChI=1S/C10H10O3.CHCl3/c1-7(11)6-8-4-2-3-5-9(8)10(12)13;2-1(3)4/h2-5H,6H2,1H3,(H,12,13);1H. The lowest BCUT2D eigenvalue weighted by Gasteiger charge is -2.02. The molecular weight excluding hydrogens is 286 g/mol. The number of benzene rings is 1. The summed E-state index contributed by atoms with van der Waals surface area (Å²) in [5, 5.41) is 8.77. The van der Waals surface area contributed by atoms with Crippen molar-refractivity contribution in [1.29, 1.82) is 0 Å². The van der Waals surface area contributed by atoms with Gasteiger partial charge in [0.2, 0.25) is 0 Å². The Balaban J connectivity index is 0.000000557. The predicted octanol–water partition coefficient (Wildman–Crippen LogP) is 3.50. The number of halogens is 3. The first-order chi connectivity index (χ1) is 7.84. The molecule has 0 radical (unpaired) electrons. The Labute approximate surface area is 114 Å². The molecule has 0 atom stereocenters. The number of alkyl halides is 3. The third kappa shape index (κ3) is 8.02. The molecule has 1 N–H and O–H groups in total. The fraction of sp³-hybridized carbons (Fsp3) is 0.273. The lowest BCUT2D eigenvalue weighted by Crippen LogP contribution is -2.05. The van der Waals surface area contributed by atoms with E-state index < -0.39 is 10.3 Å². The Morgan fingerprint density at radius 1 is 1.24 bits per heavy atom. The van der Waals surface area contributed by atoms with Crippen molar-refractivity contribution in [2.24, 2.45) is 0 Å². The topological polar surface area (TPSA) is 54.4 Å². The highest BCUT2D eigenvalue weighted by Crippen LogP contribution is 2.09. The Morgan fingerprint density at radius 2 is 1.71 bits per heavy atom. The molecule has 0 saturated carbocycles. The van der Waals surface area contributed by atoms with E-state index in [0.29, 0.717) is 5.56 Å². The molecule has 0 amide bonds. The lowest BCUT2D eigenvalue weighted by molar-refractivity contribution is -0.116. The minimum atomic E-state index is -0.989. The molecule has 0 aromatic heterocycles. The molecule has 0 saturated heterocycles. The van der Waals surface area contributed by atoms with Crippen molar-refractivity contribution in [3.05, 3.63) is 35.4 Å². The molecule has 0 aliphatic carbocycles. The van der Waals surface area contributed by atoms with Crippen LogP contribution in [0, 0.1) is 0 Å². The zero-order chi connectivity index (χ0) is 13.4. The maximum Gasteiger partial charge on any atom is 0.335 e. The zero-order valence-corrected chi connectivity index (χ0v) is 11.3. The van der Waals surface area contributed by atoms with Gasteiger partial charge < -0.3 is 5.11 Å². The van der Waals surface area contributed by atoms with Crippen molar-refractivity contribution < 1.29 is 14.7 Å². The second kappa shape index (κ2) is 8.34. The molecule has 0 heterocycles. The van der Waals surface area contributed by atoms with Crippen LogP contribution in [0.3, 0.4) is 0 Å².